The zero-order valence-electron chi connectivity index (χ0n) is 10.4. The number of hydrogen-bond donors (Lipinski definition) is 3. The number of amides is 1. The number of hydrogen-bond acceptors (Lipinski definition) is 4. The van der Waals surface area contributed by atoms with Crippen LogP contribution in [0.4, 0.5) is 4.79 Å². The molecule has 0 aromatic heterocycles. The van der Waals surface area contributed by atoms with Crippen LogP contribution in [0.1, 0.15) is 27.2 Å². The van der Waals surface area contributed by atoms with Crippen molar-refractivity contribution in [2.24, 2.45) is 5.92 Å². The highest BCUT2D eigenvalue weighted by molar-refractivity contribution is 5.80. The van der Waals surface area contributed by atoms with Crippen LogP contribution >= 0.6 is 0 Å². The predicted molar refractivity (Wildman–Crippen MR) is 61.8 cm³/mol. The van der Waals surface area contributed by atoms with Crippen LogP contribution in [0.2, 0.25) is 0 Å². The van der Waals surface area contributed by atoms with Crippen molar-refractivity contribution in [1.29, 1.82) is 0 Å². The zero-order valence-corrected chi connectivity index (χ0v) is 10.4. The normalized spacial score (nSPS) is 21.9. The van der Waals surface area contributed by atoms with Crippen LogP contribution in [0.3, 0.4) is 0 Å². The third kappa shape index (κ3) is 4.60. The molecule has 0 aromatic rings. The maximum atomic E-state index is 11.5. The fourth-order valence-corrected chi connectivity index (χ4v) is 1.78. The molecule has 6 nitrogen and oxygen atoms in total. The first kappa shape index (κ1) is 13.8. The first-order chi connectivity index (χ1) is 7.79. The van der Waals surface area contributed by atoms with E-state index in [0.717, 1.165) is 13.0 Å². The predicted octanol–water partition coefficient (Wildman–Crippen LogP) is 0.574. The van der Waals surface area contributed by atoms with E-state index in [9.17, 15) is 9.59 Å². The molecule has 0 unspecified atom stereocenters. The molecule has 6 heteroatoms. The van der Waals surface area contributed by atoms with Gasteiger partial charge in [-0.3, -0.25) is 0 Å². The Labute approximate surface area is 101 Å². The molecule has 17 heavy (non-hydrogen) atoms. The summed E-state index contributed by atoms with van der Waals surface area (Å²) in [5.74, 6) is -1.11. The second-order valence-electron chi connectivity index (χ2n) is 5.22. The summed E-state index contributed by atoms with van der Waals surface area (Å²) in [5, 5.41) is 14.6. The van der Waals surface area contributed by atoms with Crippen LogP contribution in [0, 0.1) is 5.92 Å². The van der Waals surface area contributed by atoms with Gasteiger partial charge in [0.2, 0.25) is 0 Å². The lowest BCUT2D eigenvalue weighted by Gasteiger charge is -2.24. The fraction of sp³-hybridized carbons (Fsp3) is 0.818. The second-order valence-corrected chi connectivity index (χ2v) is 5.22. The van der Waals surface area contributed by atoms with Crippen molar-refractivity contribution in [2.75, 3.05) is 13.1 Å². The molecule has 1 rings (SSSR count). The topological polar surface area (TPSA) is 87.7 Å². The summed E-state index contributed by atoms with van der Waals surface area (Å²) >= 11 is 0. The Morgan fingerprint density at radius 2 is 2.12 bits per heavy atom. The maximum Gasteiger partial charge on any atom is 0.408 e. The SMILES string of the molecule is CC(C)(C)OC(=O)N[C@@H](C(=O)O)[C@@H]1CCNC1. The molecule has 1 aliphatic heterocycles. The minimum absolute atomic E-state index is 0.0833. The van der Waals surface area contributed by atoms with E-state index in [1.165, 1.54) is 0 Å². The largest absolute Gasteiger partial charge is 0.480 e. The lowest BCUT2D eigenvalue weighted by molar-refractivity contribution is -0.140. The number of alkyl carbamates (subject to hydrolysis) is 1. The Kier molecular flexibility index (Phi) is 4.34. The number of carboxylic acid groups (broad SMARTS) is 1. The highest BCUT2D eigenvalue weighted by Gasteiger charge is 2.33. The molecule has 0 saturated carbocycles. The van der Waals surface area contributed by atoms with Crippen molar-refractivity contribution >= 4 is 12.1 Å². The van der Waals surface area contributed by atoms with Gasteiger partial charge in [0.1, 0.15) is 11.6 Å². The summed E-state index contributed by atoms with van der Waals surface area (Å²) < 4.78 is 5.04. The van der Waals surface area contributed by atoms with Crippen molar-refractivity contribution in [1.82, 2.24) is 10.6 Å². The Morgan fingerprint density at radius 3 is 2.53 bits per heavy atom. The van der Waals surface area contributed by atoms with Gasteiger partial charge in [-0.05, 0) is 33.7 Å². The van der Waals surface area contributed by atoms with Gasteiger partial charge in [-0.15, -0.1) is 0 Å². The molecular weight excluding hydrogens is 224 g/mol. The molecule has 1 amide bonds. The molecule has 98 valence electrons. The van der Waals surface area contributed by atoms with Gasteiger partial charge in [-0.2, -0.15) is 0 Å². The molecule has 1 fully saturated rings. The number of nitrogens with one attached hydrogen (secondary N) is 2. The van der Waals surface area contributed by atoms with E-state index in [-0.39, 0.29) is 5.92 Å². The summed E-state index contributed by atoms with van der Waals surface area (Å²) in [7, 11) is 0. The maximum absolute atomic E-state index is 11.5. The average Bonchev–Trinajstić information content (AvgIpc) is 2.63. The van der Waals surface area contributed by atoms with Crippen LogP contribution in [-0.2, 0) is 9.53 Å². The van der Waals surface area contributed by atoms with Crippen LogP contribution in [0.25, 0.3) is 0 Å². The third-order valence-electron chi connectivity index (χ3n) is 2.51. The van der Waals surface area contributed by atoms with Gasteiger partial charge >= 0.3 is 12.1 Å². The fourth-order valence-electron chi connectivity index (χ4n) is 1.78. The van der Waals surface area contributed by atoms with Gasteiger partial charge in [-0.25, -0.2) is 9.59 Å². The van der Waals surface area contributed by atoms with E-state index in [0.29, 0.717) is 6.54 Å². The third-order valence-corrected chi connectivity index (χ3v) is 2.51. The number of aliphatic carboxylic acids is 1. The summed E-state index contributed by atoms with van der Waals surface area (Å²) in [5.41, 5.74) is -0.624. The van der Waals surface area contributed by atoms with E-state index >= 15 is 0 Å². The van der Waals surface area contributed by atoms with Gasteiger partial charge in [0.25, 0.3) is 0 Å². The van der Waals surface area contributed by atoms with Crippen LogP contribution in [0.15, 0.2) is 0 Å². The molecule has 1 aliphatic rings. The average molecular weight is 244 g/mol. The lowest BCUT2D eigenvalue weighted by Crippen LogP contribution is -2.48. The summed E-state index contributed by atoms with van der Waals surface area (Å²) in [6, 6.07) is -0.889. The van der Waals surface area contributed by atoms with E-state index in [2.05, 4.69) is 10.6 Å². The Morgan fingerprint density at radius 1 is 1.47 bits per heavy atom. The first-order valence-electron chi connectivity index (χ1n) is 5.72. The highest BCUT2D eigenvalue weighted by atomic mass is 16.6. The molecule has 2 atom stereocenters. The van der Waals surface area contributed by atoms with E-state index in [1.54, 1.807) is 20.8 Å². The minimum Gasteiger partial charge on any atom is -0.480 e. The van der Waals surface area contributed by atoms with Crippen molar-refractivity contribution in [3.05, 3.63) is 0 Å². The van der Waals surface area contributed by atoms with Crippen LogP contribution < -0.4 is 10.6 Å². The molecule has 0 radical (unpaired) electrons. The molecule has 3 N–H and O–H groups in total. The van der Waals surface area contributed by atoms with Crippen LogP contribution in [-0.4, -0.2) is 41.9 Å². The number of carbonyl (C=O) groups excluding carboxylic acids is 1. The minimum atomic E-state index is -1.02. The molecule has 0 aliphatic carbocycles. The van der Waals surface area contributed by atoms with Gasteiger partial charge in [0.05, 0.1) is 0 Å². The number of carboxylic acids is 1. The Bertz CT molecular complexity index is 292. The van der Waals surface area contributed by atoms with Crippen LogP contribution in [0.5, 0.6) is 0 Å². The van der Waals surface area contributed by atoms with Crippen molar-refractivity contribution < 1.29 is 19.4 Å². The second kappa shape index (κ2) is 5.35. The van der Waals surface area contributed by atoms with E-state index < -0.39 is 23.7 Å². The molecular formula is C11H20N2O4. The molecule has 1 heterocycles. The molecule has 0 aromatic carbocycles. The van der Waals surface area contributed by atoms with Crippen molar-refractivity contribution in [3.63, 3.8) is 0 Å². The highest BCUT2D eigenvalue weighted by Crippen LogP contribution is 2.14. The number of carbonyl (C=O) groups is 2. The quantitative estimate of drug-likeness (QED) is 0.675. The monoisotopic (exact) mass is 244 g/mol. The molecule has 0 spiro atoms. The summed E-state index contributed by atoms with van der Waals surface area (Å²) in [4.78, 5) is 22.6. The summed E-state index contributed by atoms with van der Waals surface area (Å²) in [6.07, 6.45) is 0.0593. The van der Waals surface area contributed by atoms with Gasteiger partial charge in [0, 0.05) is 12.5 Å². The van der Waals surface area contributed by atoms with Gasteiger partial charge < -0.3 is 20.5 Å². The number of ether oxygens (including phenoxy) is 1. The first-order valence-corrected chi connectivity index (χ1v) is 5.72. The smallest absolute Gasteiger partial charge is 0.408 e. The van der Waals surface area contributed by atoms with E-state index in [4.69, 9.17) is 9.84 Å². The number of rotatable bonds is 3. The van der Waals surface area contributed by atoms with Gasteiger partial charge in [-0.1, -0.05) is 0 Å². The zero-order chi connectivity index (χ0) is 13.1. The Balaban J connectivity index is 2.55. The van der Waals surface area contributed by atoms with E-state index in [1.807, 2.05) is 0 Å². The molecule has 1 saturated heterocycles. The molecule has 0 bridgehead atoms. The Hall–Kier alpha value is -1.30. The standard InChI is InChI=1S/C11H20N2O4/c1-11(2,3)17-10(16)13-8(9(14)15)7-4-5-12-6-7/h7-8,12H,4-6H2,1-3H3,(H,13,16)(H,14,15)/t7-,8-/m1/s1. The summed E-state index contributed by atoms with van der Waals surface area (Å²) in [6.45, 7) is 6.59. The van der Waals surface area contributed by atoms with Gasteiger partial charge in [0.15, 0.2) is 0 Å². The van der Waals surface area contributed by atoms with Crippen molar-refractivity contribution in [3.8, 4) is 0 Å². The lowest BCUT2D eigenvalue weighted by atomic mass is 9.99. The van der Waals surface area contributed by atoms with Crippen molar-refractivity contribution in [2.45, 2.75) is 38.8 Å².